The van der Waals surface area contributed by atoms with Crippen LogP contribution in [0.1, 0.15) is 65.5 Å². The smallest absolute Gasteiger partial charge is 0.414 e. The molecule has 3 aliphatic rings. The van der Waals surface area contributed by atoms with Crippen LogP contribution in [-0.4, -0.2) is 84.2 Å². The first-order valence-electron chi connectivity index (χ1n) is 19.1. The molecule has 0 saturated carbocycles. The van der Waals surface area contributed by atoms with Crippen molar-refractivity contribution in [1.82, 2.24) is 15.2 Å². The summed E-state index contributed by atoms with van der Waals surface area (Å²) < 4.78 is 31.5. The predicted octanol–water partition coefficient (Wildman–Crippen LogP) is 6.00. The van der Waals surface area contributed by atoms with Gasteiger partial charge in [0.25, 0.3) is 5.91 Å². The average Bonchev–Trinajstić information content (AvgIpc) is 3.85. The summed E-state index contributed by atoms with van der Waals surface area (Å²) in [6, 6.07) is 14.9. The van der Waals surface area contributed by atoms with Gasteiger partial charge in [0.15, 0.2) is 16.7 Å². The van der Waals surface area contributed by atoms with E-state index in [4.69, 9.17) is 19.2 Å². The molecule has 1 aromatic heterocycles. The zero-order valence-corrected chi connectivity index (χ0v) is 33.6. The quantitative estimate of drug-likeness (QED) is 0.108. The Hall–Kier alpha value is -5.87. The number of carbonyl (C=O) groups excluding carboxylic acids is 5. The van der Waals surface area contributed by atoms with E-state index in [9.17, 15) is 28.4 Å². The minimum Gasteiger partial charge on any atom is -0.488 e. The summed E-state index contributed by atoms with van der Waals surface area (Å²) in [7, 11) is 0. The Kier molecular flexibility index (Phi) is 11.8. The largest absolute Gasteiger partial charge is 0.488 e. The van der Waals surface area contributed by atoms with Crippen LogP contribution in [0.5, 0.6) is 5.75 Å². The van der Waals surface area contributed by atoms with Crippen LogP contribution in [0.15, 0.2) is 54.6 Å². The van der Waals surface area contributed by atoms with Crippen molar-refractivity contribution in [3.8, 4) is 17.0 Å². The van der Waals surface area contributed by atoms with Gasteiger partial charge in [-0.1, -0.05) is 12.1 Å². The molecule has 7 rings (SSSR count). The molecule has 1 saturated heterocycles. The van der Waals surface area contributed by atoms with E-state index in [-0.39, 0.29) is 62.2 Å². The summed E-state index contributed by atoms with van der Waals surface area (Å²) in [5.41, 5.74) is 5.58. The third-order valence-corrected chi connectivity index (χ3v) is 10.7. The number of fused-ring (bicyclic) bond motifs is 2. The van der Waals surface area contributed by atoms with E-state index in [1.807, 2.05) is 52.0 Å². The number of thiazole rings is 1. The lowest BCUT2D eigenvalue weighted by molar-refractivity contribution is -0.137. The molecule has 14 nitrogen and oxygen atoms in total. The molecular weight excluding hydrogens is 768 g/mol. The number of carbonyl (C=O) groups is 5. The fraction of sp³-hybridized carbons (Fsp3) is 0.381. The molecule has 0 bridgehead atoms. The number of rotatable bonds is 13. The van der Waals surface area contributed by atoms with Crippen molar-refractivity contribution >= 4 is 57.6 Å². The molecular formula is C42H45FN6O8S. The minimum absolute atomic E-state index is 0.0142. The highest BCUT2D eigenvalue weighted by Crippen LogP contribution is 2.37. The standard InChI is InChI=1S/C42H45FN6O8S/c1-24-37(27-6-10-32-26(21-27)13-15-48(32)41(54)57-42(2,3)4)47-40(58-24)46-36(51)20-25-5-9-31(43)34(19-25)56-18-17-55-16-14-44-29-7-8-30-28(22-29)23-49(39(30)53)33-11-12-35(50)45-38(33)52/h5-10,19,21-22,33,44H,11-18,20,23H2,1-4H3,(H,45,50,52)(H,46,47,51). The van der Waals surface area contributed by atoms with Gasteiger partial charge in [-0.3, -0.25) is 29.4 Å². The Balaban J connectivity index is 0.841. The molecule has 0 radical (unpaired) electrons. The molecule has 1 fully saturated rings. The van der Waals surface area contributed by atoms with E-state index in [0.29, 0.717) is 48.8 Å². The number of aromatic nitrogens is 1. The Bertz CT molecular complexity index is 2270. The SMILES string of the molecule is Cc1sc(NC(=O)Cc2ccc(F)c(OCCOCCNc3ccc4c(c3)CN(C3CCC(=O)NC3=O)C4=O)c2)nc1-c1ccc2c(c1)CCN2C(=O)OC(C)(C)C. The lowest BCUT2D eigenvalue weighted by Gasteiger charge is -2.29. The highest BCUT2D eigenvalue weighted by molar-refractivity contribution is 7.16. The minimum atomic E-state index is -0.667. The number of benzene rings is 3. The summed E-state index contributed by atoms with van der Waals surface area (Å²) >= 11 is 1.36. The highest BCUT2D eigenvalue weighted by Gasteiger charge is 2.39. The molecule has 0 spiro atoms. The molecule has 4 heterocycles. The Morgan fingerprint density at radius 2 is 1.83 bits per heavy atom. The van der Waals surface area contributed by atoms with Gasteiger partial charge in [0.2, 0.25) is 17.7 Å². The summed E-state index contributed by atoms with van der Waals surface area (Å²) in [5, 5.41) is 8.87. The Morgan fingerprint density at radius 3 is 2.62 bits per heavy atom. The van der Waals surface area contributed by atoms with Gasteiger partial charge in [-0.2, -0.15) is 0 Å². The second-order valence-corrected chi connectivity index (χ2v) is 16.5. The van der Waals surface area contributed by atoms with Crippen LogP contribution in [-0.2, 0) is 43.2 Å². The van der Waals surface area contributed by atoms with Crippen LogP contribution in [0.25, 0.3) is 11.3 Å². The van der Waals surface area contributed by atoms with E-state index >= 15 is 0 Å². The van der Waals surface area contributed by atoms with Crippen molar-refractivity contribution in [1.29, 1.82) is 0 Å². The summed E-state index contributed by atoms with van der Waals surface area (Å²) in [5.74, 6) is -1.85. The zero-order chi connectivity index (χ0) is 41.1. The number of nitrogens with one attached hydrogen (secondary N) is 3. The van der Waals surface area contributed by atoms with Crippen molar-refractivity contribution in [2.24, 2.45) is 0 Å². The van der Waals surface area contributed by atoms with Gasteiger partial charge in [0, 0.05) is 47.7 Å². The van der Waals surface area contributed by atoms with Crippen LogP contribution >= 0.6 is 11.3 Å². The van der Waals surface area contributed by atoms with Crippen molar-refractivity contribution in [2.75, 3.05) is 48.4 Å². The van der Waals surface area contributed by atoms with Gasteiger partial charge in [0.05, 0.1) is 31.0 Å². The normalized spacial score (nSPS) is 16.2. The summed E-state index contributed by atoms with van der Waals surface area (Å²) in [4.78, 5) is 71.3. The molecule has 16 heteroatoms. The van der Waals surface area contributed by atoms with Crippen molar-refractivity contribution in [2.45, 2.75) is 71.6 Å². The third kappa shape index (κ3) is 9.29. The second-order valence-electron chi connectivity index (χ2n) is 15.3. The molecule has 4 aromatic rings. The first-order chi connectivity index (χ1) is 27.7. The van der Waals surface area contributed by atoms with E-state index in [1.165, 1.54) is 34.4 Å². The van der Waals surface area contributed by atoms with E-state index < -0.39 is 23.4 Å². The average molecular weight is 813 g/mol. The van der Waals surface area contributed by atoms with Crippen molar-refractivity contribution in [3.05, 3.63) is 87.5 Å². The molecule has 0 aliphatic carbocycles. The van der Waals surface area contributed by atoms with Gasteiger partial charge in [-0.25, -0.2) is 14.2 Å². The Labute approximate surface area is 339 Å². The number of piperidine rings is 1. The number of hydrogen-bond donors (Lipinski definition) is 3. The number of aryl methyl sites for hydroxylation is 1. The third-order valence-electron chi connectivity index (χ3n) is 9.85. The molecule has 1 atom stereocenters. The molecule has 58 heavy (non-hydrogen) atoms. The first-order valence-corrected chi connectivity index (χ1v) is 20.0. The van der Waals surface area contributed by atoms with Crippen LogP contribution < -0.4 is 25.6 Å². The number of anilines is 3. The fourth-order valence-corrected chi connectivity index (χ4v) is 8.01. The zero-order valence-electron chi connectivity index (χ0n) is 32.7. The first kappa shape index (κ1) is 40.3. The van der Waals surface area contributed by atoms with Crippen LogP contribution in [0.4, 0.5) is 25.7 Å². The van der Waals surface area contributed by atoms with E-state index in [1.54, 1.807) is 17.0 Å². The maximum absolute atomic E-state index is 14.6. The maximum Gasteiger partial charge on any atom is 0.414 e. The molecule has 1 unspecified atom stereocenters. The van der Waals surface area contributed by atoms with Gasteiger partial charge < -0.3 is 29.7 Å². The van der Waals surface area contributed by atoms with Crippen molar-refractivity contribution in [3.63, 3.8) is 0 Å². The van der Waals surface area contributed by atoms with E-state index in [2.05, 4.69) is 16.0 Å². The number of amides is 5. The molecule has 3 aliphatic heterocycles. The summed E-state index contributed by atoms with van der Waals surface area (Å²) in [6.45, 7) is 9.37. The van der Waals surface area contributed by atoms with Gasteiger partial charge in [-0.15, -0.1) is 11.3 Å². The van der Waals surface area contributed by atoms with Gasteiger partial charge >= 0.3 is 6.09 Å². The molecule has 5 amide bonds. The maximum atomic E-state index is 14.6. The van der Waals surface area contributed by atoms with Crippen LogP contribution in [0, 0.1) is 12.7 Å². The number of halogens is 1. The van der Waals surface area contributed by atoms with Gasteiger partial charge in [-0.05, 0) is 99.7 Å². The number of ether oxygens (including phenoxy) is 3. The monoisotopic (exact) mass is 812 g/mol. The highest BCUT2D eigenvalue weighted by atomic mass is 32.1. The number of hydrogen-bond acceptors (Lipinski definition) is 11. The molecule has 3 aromatic carbocycles. The summed E-state index contributed by atoms with van der Waals surface area (Å²) in [6.07, 6.45) is 0.813. The number of nitrogens with zero attached hydrogens (tertiary/aromatic N) is 3. The fourth-order valence-electron chi connectivity index (χ4n) is 7.16. The number of imide groups is 1. The second kappa shape index (κ2) is 16.9. The topological polar surface area (TPSA) is 168 Å². The van der Waals surface area contributed by atoms with E-state index in [0.717, 1.165) is 38.6 Å². The van der Waals surface area contributed by atoms with Crippen LogP contribution in [0.3, 0.4) is 0 Å². The predicted molar refractivity (Wildman–Crippen MR) is 216 cm³/mol. The van der Waals surface area contributed by atoms with Crippen LogP contribution in [0.2, 0.25) is 0 Å². The lowest BCUT2D eigenvalue weighted by Crippen LogP contribution is -2.52. The van der Waals surface area contributed by atoms with Crippen molar-refractivity contribution < 1.29 is 42.6 Å². The Morgan fingerprint density at radius 1 is 1.00 bits per heavy atom. The van der Waals surface area contributed by atoms with Gasteiger partial charge in [0.1, 0.15) is 18.2 Å². The molecule has 304 valence electrons. The lowest BCUT2D eigenvalue weighted by atomic mass is 10.0. The molecule has 3 N–H and O–H groups in total.